The van der Waals surface area contributed by atoms with Gasteiger partial charge < -0.3 is 5.32 Å². The number of aromatic nitrogens is 2. The number of nitrogens with one attached hydrogen (secondary N) is 1. The SMILES string of the molecule is Cc1ccnc(CC2CCCCNC2)n1. The van der Waals surface area contributed by atoms with Crippen LogP contribution in [0.15, 0.2) is 12.3 Å². The van der Waals surface area contributed by atoms with Gasteiger partial charge in [0.1, 0.15) is 5.82 Å². The van der Waals surface area contributed by atoms with E-state index < -0.39 is 0 Å². The van der Waals surface area contributed by atoms with E-state index in [9.17, 15) is 0 Å². The Morgan fingerprint density at radius 1 is 1.47 bits per heavy atom. The Balaban J connectivity index is 1.95. The maximum atomic E-state index is 4.46. The van der Waals surface area contributed by atoms with Crippen molar-refractivity contribution in [2.75, 3.05) is 13.1 Å². The highest BCUT2D eigenvalue weighted by Crippen LogP contribution is 2.14. The van der Waals surface area contributed by atoms with Crippen molar-refractivity contribution in [2.24, 2.45) is 5.92 Å². The lowest BCUT2D eigenvalue weighted by Crippen LogP contribution is -2.22. The van der Waals surface area contributed by atoms with E-state index in [2.05, 4.69) is 15.3 Å². The molecule has 1 aliphatic rings. The van der Waals surface area contributed by atoms with Crippen molar-refractivity contribution in [1.82, 2.24) is 15.3 Å². The molecule has 1 N–H and O–H groups in total. The molecule has 0 spiro atoms. The third kappa shape index (κ3) is 3.27. The molecule has 3 nitrogen and oxygen atoms in total. The lowest BCUT2D eigenvalue weighted by molar-refractivity contribution is 0.466. The fourth-order valence-corrected chi connectivity index (χ4v) is 2.12. The summed E-state index contributed by atoms with van der Waals surface area (Å²) in [7, 11) is 0. The molecular formula is C12H19N3. The molecule has 2 heterocycles. The van der Waals surface area contributed by atoms with Crippen LogP contribution < -0.4 is 5.32 Å². The van der Waals surface area contributed by atoms with E-state index in [4.69, 9.17) is 0 Å². The molecule has 3 heteroatoms. The van der Waals surface area contributed by atoms with Crippen LogP contribution >= 0.6 is 0 Å². The minimum atomic E-state index is 0.717. The zero-order chi connectivity index (χ0) is 10.5. The van der Waals surface area contributed by atoms with E-state index in [-0.39, 0.29) is 0 Å². The van der Waals surface area contributed by atoms with Gasteiger partial charge in [0.2, 0.25) is 0 Å². The average Bonchev–Trinajstić information content (AvgIpc) is 2.46. The predicted molar refractivity (Wildman–Crippen MR) is 60.7 cm³/mol. The van der Waals surface area contributed by atoms with Gasteiger partial charge in [0, 0.05) is 18.3 Å². The zero-order valence-electron chi connectivity index (χ0n) is 9.37. The maximum Gasteiger partial charge on any atom is 0.128 e. The minimum Gasteiger partial charge on any atom is -0.316 e. The Hall–Kier alpha value is -0.960. The van der Waals surface area contributed by atoms with Gasteiger partial charge in [-0.05, 0) is 44.8 Å². The van der Waals surface area contributed by atoms with E-state index >= 15 is 0 Å². The fraction of sp³-hybridized carbons (Fsp3) is 0.667. The van der Waals surface area contributed by atoms with Crippen LogP contribution in [-0.2, 0) is 6.42 Å². The molecule has 1 aromatic heterocycles. The molecule has 15 heavy (non-hydrogen) atoms. The molecule has 82 valence electrons. The normalized spacial score (nSPS) is 22.3. The first-order valence-corrected chi connectivity index (χ1v) is 5.84. The first-order chi connectivity index (χ1) is 7.34. The Labute approximate surface area is 91.3 Å². The van der Waals surface area contributed by atoms with E-state index in [1.807, 2.05) is 19.2 Å². The second kappa shape index (κ2) is 5.21. The van der Waals surface area contributed by atoms with Crippen LogP contribution in [0, 0.1) is 12.8 Å². The molecule has 1 atom stereocenters. The van der Waals surface area contributed by atoms with Crippen LogP contribution in [0.2, 0.25) is 0 Å². The third-order valence-corrected chi connectivity index (χ3v) is 2.96. The molecule has 1 fully saturated rings. The summed E-state index contributed by atoms with van der Waals surface area (Å²) in [6.07, 6.45) is 6.84. The smallest absolute Gasteiger partial charge is 0.128 e. The topological polar surface area (TPSA) is 37.8 Å². The molecule has 0 aromatic carbocycles. The van der Waals surface area contributed by atoms with Crippen LogP contribution in [0.5, 0.6) is 0 Å². The Kier molecular flexibility index (Phi) is 3.67. The molecule has 0 amide bonds. The molecule has 1 aliphatic heterocycles. The molecule has 0 bridgehead atoms. The van der Waals surface area contributed by atoms with Gasteiger partial charge in [0.25, 0.3) is 0 Å². The third-order valence-electron chi connectivity index (χ3n) is 2.96. The number of hydrogen-bond donors (Lipinski definition) is 1. The average molecular weight is 205 g/mol. The van der Waals surface area contributed by atoms with E-state index in [0.29, 0.717) is 5.92 Å². The number of rotatable bonds is 2. The van der Waals surface area contributed by atoms with Crippen molar-refractivity contribution < 1.29 is 0 Å². The summed E-state index contributed by atoms with van der Waals surface area (Å²) in [6, 6.07) is 1.95. The summed E-state index contributed by atoms with van der Waals surface area (Å²) < 4.78 is 0. The summed E-state index contributed by atoms with van der Waals surface area (Å²) in [5.74, 6) is 1.72. The molecule has 1 unspecified atom stereocenters. The van der Waals surface area contributed by atoms with Gasteiger partial charge in [-0.3, -0.25) is 0 Å². The minimum absolute atomic E-state index is 0.717. The van der Waals surface area contributed by atoms with Crippen LogP contribution in [0.3, 0.4) is 0 Å². The molecule has 0 aliphatic carbocycles. The molecule has 0 saturated carbocycles. The Morgan fingerprint density at radius 2 is 2.40 bits per heavy atom. The molecule has 1 aromatic rings. The van der Waals surface area contributed by atoms with Crippen molar-refractivity contribution in [1.29, 1.82) is 0 Å². The lowest BCUT2D eigenvalue weighted by Gasteiger charge is -2.12. The summed E-state index contributed by atoms with van der Waals surface area (Å²) in [4.78, 5) is 8.78. The van der Waals surface area contributed by atoms with Gasteiger partial charge in [-0.25, -0.2) is 9.97 Å². The van der Waals surface area contributed by atoms with Crippen molar-refractivity contribution in [2.45, 2.75) is 32.6 Å². The van der Waals surface area contributed by atoms with Crippen LogP contribution in [0.4, 0.5) is 0 Å². The summed E-state index contributed by atoms with van der Waals surface area (Å²) in [5.41, 5.74) is 1.07. The molecular weight excluding hydrogens is 186 g/mol. The summed E-state index contributed by atoms with van der Waals surface area (Å²) in [6.45, 7) is 4.32. The van der Waals surface area contributed by atoms with Gasteiger partial charge in [-0.1, -0.05) is 6.42 Å². The Morgan fingerprint density at radius 3 is 3.27 bits per heavy atom. The van der Waals surface area contributed by atoms with E-state index in [0.717, 1.165) is 24.5 Å². The number of nitrogens with zero attached hydrogens (tertiary/aromatic N) is 2. The fourth-order valence-electron chi connectivity index (χ4n) is 2.12. The molecule has 2 rings (SSSR count). The second-order valence-electron chi connectivity index (χ2n) is 4.38. The highest BCUT2D eigenvalue weighted by Gasteiger charge is 2.13. The van der Waals surface area contributed by atoms with Crippen LogP contribution in [0.25, 0.3) is 0 Å². The van der Waals surface area contributed by atoms with Gasteiger partial charge in [-0.2, -0.15) is 0 Å². The first kappa shape index (κ1) is 10.6. The Bertz CT molecular complexity index is 303. The van der Waals surface area contributed by atoms with Gasteiger partial charge in [0.05, 0.1) is 0 Å². The van der Waals surface area contributed by atoms with E-state index in [1.165, 1.54) is 25.8 Å². The van der Waals surface area contributed by atoms with E-state index in [1.54, 1.807) is 0 Å². The van der Waals surface area contributed by atoms with Gasteiger partial charge in [0.15, 0.2) is 0 Å². The number of hydrogen-bond acceptors (Lipinski definition) is 3. The van der Waals surface area contributed by atoms with Crippen molar-refractivity contribution >= 4 is 0 Å². The van der Waals surface area contributed by atoms with Gasteiger partial charge in [-0.15, -0.1) is 0 Å². The summed E-state index contributed by atoms with van der Waals surface area (Å²) in [5, 5.41) is 3.48. The number of aryl methyl sites for hydroxylation is 1. The summed E-state index contributed by atoms with van der Waals surface area (Å²) >= 11 is 0. The zero-order valence-corrected chi connectivity index (χ0v) is 9.37. The quantitative estimate of drug-likeness (QED) is 0.799. The van der Waals surface area contributed by atoms with Crippen LogP contribution in [-0.4, -0.2) is 23.1 Å². The molecule has 0 radical (unpaired) electrons. The molecule has 1 saturated heterocycles. The second-order valence-corrected chi connectivity index (χ2v) is 4.38. The van der Waals surface area contributed by atoms with Crippen molar-refractivity contribution in [3.8, 4) is 0 Å². The van der Waals surface area contributed by atoms with Crippen molar-refractivity contribution in [3.63, 3.8) is 0 Å². The lowest BCUT2D eigenvalue weighted by atomic mass is 9.99. The van der Waals surface area contributed by atoms with Gasteiger partial charge >= 0.3 is 0 Å². The maximum absolute atomic E-state index is 4.46. The first-order valence-electron chi connectivity index (χ1n) is 5.84. The standard InChI is InChI=1S/C12H19N3/c1-10-5-7-14-12(15-10)8-11-4-2-3-6-13-9-11/h5,7,11,13H,2-4,6,8-9H2,1H3. The predicted octanol–water partition coefficient (Wildman–Crippen LogP) is 1.72. The van der Waals surface area contributed by atoms with Crippen LogP contribution in [0.1, 0.15) is 30.8 Å². The largest absolute Gasteiger partial charge is 0.316 e. The van der Waals surface area contributed by atoms with Crippen molar-refractivity contribution in [3.05, 3.63) is 23.8 Å². The monoisotopic (exact) mass is 205 g/mol. The highest BCUT2D eigenvalue weighted by atomic mass is 14.9. The highest BCUT2D eigenvalue weighted by molar-refractivity contribution is 5.00.